The number of benzene rings is 2. The van der Waals surface area contributed by atoms with E-state index in [1.807, 2.05) is 0 Å². The molecule has 0 saturated carbocycles. The Labute approximate surface area is 176 Å². The molecule has 1 aromatic heterocycles. The summed E-state index contributed by atoms with van der Waals surface area (Å²) in [6.07, 6.45) is 2.27. The Kier molecular flexibility index (Phi) is 4.39. The fraction of sp³-hybridized carbons (Fsp3) is 0.261. The zero-order chi connectivity index (χ0) is 21.9. The van der Waals surface area contributed by atoms with Gasteiger partial charge in [0.05, 0.1) is 12.2 Å². The van der Waals surface area contributed by atoms with Crippen molar-refractivity contribution >= 4 is 5.91 Å². The second-order valence-electron chi connectivity index (χ2n) is 8.07. The fourth-order valence-corrected chi connectivity index (χ4v) is 4.80. The first-order valence-electron chi connectivity index (χ1n) is 9.98. The molecular weight excluding hydrogens is 404 g/mol. The molecule has 3 aromatic rings. The number of halogens is 2. The van der Waals surface area contributed by atoms with Gasteiger partial charge in [0.25, 0.3) is 5.91 Å². The summed E-state index contributed by atoms with van der Waals surface area (Å²) in [5.74, 6) is -2.59. The van der Waals surface area contributed by atoms with Crippen molar-refractivity contribution in [3.63, 3.8) is 0 Å². The van der Waals surface area contributed by atoms with Gasteiger partial charge in [-0.3, -0.25) is 14.3 Å². The number of likely N-dealkylation sites (N-methyl/N-ethyl adjacent to an activating group) is 1. The van der Waals surface area contributed by atoms with Gasteiger partial charge in [-0.05, 0) is 59.4 Å². The van der Waals surface area contributed by atoms with Gasteiger partial charge in [0.1, 0.15) is 11.6 Å². The van der Waals surface area contributed by atoms with Crippen molar-refractivity contribution in [2.45, 2.75) is 24.8 Å². The Morgan fingerprint density at radius 2 is 1.58 bits per heavy atom. The van der Waals surface area contributed by atoms with E-state index in [1.165, 1.54) is 33.8 Å². The van der Waals surface area contributed by atoms with Gasteiger partial charge >= 0.3 is 0 Å². The summed E-state index contributed by atoms with van der Waals surface area (Å²) >= 11 is 0. The molecule has 0 saturated heterocycles. The molecule has 0 bridgehead atoms. The Hall–Kier alpha value is -3.55. The predicted molar refractivity (Wildman–Crippen MR) is 108 cm³/mol. The van der Waals surface area contributed by atoms with E-state index in [4.69, 9.17) is 0 Å². The van der Waals surface area contributed by atoms with Gasteiger partial charge in [0.15, 0.2) is 11.4 Å². The molecule has 0 fully saturated rings. The van der Waals surface area contributed by atoms with Crippen LogP contribution in [0.4, 0.5) is 8.78 Å². The Bertz CT molecular complexity index is 1230. The summed E-state index contributed by atoms with van der Waals surface area (Å²) in [5, 5.41) is 14.5. The Morgan fingerprint density at radius 3 is 2.16 bits per heavy atom. The summed E-state index contributed by atoms with van der Waals surface area (Å²) in [4.78, 5) is 26.1. The van der Waals surface area contributed by atoms with Gasteiger partial charge < -0.3 is 10.0 Å². The summed E-state index contributed by atoms with van der Waals surface area (Å²) in [6, 6.07) is 8.57. The van der Waals surface area contributed by atoms with Gasteiger partial charge in [-0.2, -0.15) is 5.10 Å². The number of aromatic hydroxyl groups is 1. The van der Waals surface area contributed by atoms with Crippen LogP contribution in [-0.4, -0.2) is 39.3 Å². The number of carbonyl (C=O) groups excluding carboxylic acids is 1. The lowest BCUT2D eigenvalue weighted by molar-refractivity contribution is 0.0686. The minimum Gasteiger partial charge on any atom is -0.502 e. The number of aromatic nitrogens is 2. The van der Waals surface area contributed by atoms with E-state index in [-0.39, 0.29) is 12.2 Å². The van der Waals surface area contributed by atoms with Crippen molar-refractivity contribution in [2.24, 2.45) is 0 Å². The van der Waals surface area contributed by atoms with Crippen LogP contribution in [-0.2, 0) is 12.8 Å². The van der Waals surface area contributed by atoms with Crippen LogP contribution in [0.5, 0.6) is 5.75 Å². The van der Waals surface area contributed by atoms with Crippen molar-refractivity contribution in [1.29, 1.82) is 0 Å². The first-order valence-corrected chi connectivity index (χ1v) is 9.98. The monoisotopic (exact) mass is 423 g/mol. The molecule has 1 N–H and O–H groups in total. The Morgan fingerprint density at radius 1 is 1.00 bits per heavy atom. The van der Waals surface area contributed by atoms with Crippen molar-refractivity contribution in [3.05, 3.63) is 92.4 Å². The van der Waals surface area contributed by atoms with E-state index in [0.29, 0.717) is 24.0 Å². The first kappa shape index (κ1) is 19.4. The molecule has 2 heterocycles. The highest BCUT2D eigenvalue weighted by molar-refractivity contribution is 5.95. The van der Waals surface area contributed by atoms with Gasteiger partial charge in [-0.15, -0.1) is 0 Å². The molecular formula is C23H19F2N3O3. The molecule has 2 aliphatic rings. The zero-order valence-corrected chi connectivity index (χ0v) is 16.7. The highest BCUT2D eigenvalue weighted by Crippen LogP contribution is 2.44. The van der Waals surface area contributed by atoms with Crippen molar-refractivity contribution in [1.82, 2.24) is 14.7 Å². The molecule has 1 atom stereocenters. The maximum Gasteiger partial charge on any atom is 0.275 e. The lowest BCUT2D eigenvalue weighted by Crippen LogP contribution is -2.45. The van der Waals surface area contributed by atoms with Crippen molar-refractivity contribution in [3.8, 4) is 5.75 Å². The summed E-state index contributed by atoms with van der Waals surface area (Å²) in [6.45, 7) is 0.192. The topological polar surface area (TPSA) is 75.4 Å². The van der Waals surface area contributed by atoms with E-state index < -0.39 is 40.7 Å². The molecule has 0 radical (unpaired) electrons. The van der Waals surface area contributed by atoms with Crippen LogP contribution in [0, 0.1) is 11.6 Å². The average molecular weight is 423 g/mol. The van der Waals surface area contributed by atoms with E-state index >= 15 is 0 Å². The number of fused-ring (bicyclic) bond motifs is 3. The van der Waals surface area contributed by atoms with Crippen molar-refractivity contribution < 1.29 is 18.7 Å². The van der Waals surface area contributed by atoms with Crippen LogP contribution in [0.3, 0.4) is 0 Å². The normalized spacial score (nSPS) is 18.2. The number of amides is 1. The minimum absolute atomic E-state index is 0.192. The molecule has 0 spiro atoms. The van der Waals surface area contributed by atoms with Gasteiger partial charge in [-0.25, -0.2) is 8.78 Å². The number of hydrogen-bond donors (Lipinski definition) is 1. The third kappa shape index (κ3) is 3.01. The molecule has 1 amide bonds. The number of rotatable bonds is 1. The molecule has 158 valence electrons. The van der Waals surface area contributed by atoms with Crippen LogP contribution in [0.25, 0.3) is 0 Å². The molecule has 8 heteroatoms. The van der Waals surface area contributed by atoms with Crippen LogP contribution in [0.1, 0.15) is 44.7 Å². The van der Waals surface area contributed by atoms with Gasteiger partial charge in [-0.1, -0.05) is 12.1 Å². The van der Waals surface area contributed by atoms with Gasteiger partial charge in [0.2, 0.25) is 5.43 Å². The fourth-order valence-electron chi connectivity index (χ4n) is 4.80. The molecule has 5 rings (SSSR count). The van der Waals surface area contributed by atoms with E-state index in [1.54, 1.807) is 19.2 Å². The zero-order valence-electron chi connectivity index (χ0n) is 16.7. The lowest BCUT2D eigenvalue weighted by atomic mass is 9.81. The second-order valence-corrected chi connectivity index (χ2v) is 8.07. The summed E-state index contributed by atoms with van der Waals surface area (Å²) < 4.78 is 30.0. The molecule has 2 aromatic carbocycles. The summed E-state index contributed by atoms with van der Waals surface area (Å²) in [5.41, 5.74) is 2.24. The second kappa shape index (κ2) is 7.01. The summed E-state index contributed by atoms with van der Waals surface area (Å²) in [7, 11) is 1.56. The standard InChI is InChI=1S/C23H19F2N3O3/c1-27-11-18(28-21(23(27)31)22(30)19(29)10-26-28)20-16-8-14(24)6-4-12(16)2-3-13-5-7-15(25)9-17(13)20/h4-10,18,20,30H,2-3,11H2,1H3/t18-/m1/s1. The quantitative estimate of drug-likeness (QED) is 0.653. The third-order valence-electron chi connectivity index (χ3n) is 6.24. The minimum atomic E-state index is -0.757. The highest BCUT2D eigenvalue weighted by Gasteiger charge is 2.40. The number of carbonyl (C=O) groups is 1. The van der Waals surface area contributed by atoms with Crippen LogP contribution >= 0.6 is 0 Å². The largest absolute Gasteiger partial charge is 0.502 e. The molecule has 0 unspecified atom stereocenters. The van der Waals surface area contributed by atoms with Crippen LogP contribution < -0.4 is 5.43 Å². The van der Waals surface area contributed by atoms with E-state index in [0.717, 1.165) is 17.3 Å². The average Bonchev–Trinajstić information content (AvgIpc) is 2.89. The smallest absolute Gasteiger partial charge is 0.275 e. The molecule has 31 heavy (non-hydrogen) atoms. The van der Waals surface area contributed by atoms with E-state index in [9.17, 15) is 23.5 Å². The number of hydrogen-bond acceptors (Lipinski definition) is 4. The van der Waals surface area contributed by atoms with Crippen LogP contribution in [0.2, 0.25) is 0 Å². The SMILES string of the molecule is CN1C[C@H](C2c3cc(F)ccc3CCc3ccc(F)cc32)n2ncc(=O)c(O)c2C1=O. The third-order valence-corrected chi connectivity index (χ3v) is 6.24. The maximum atomic E-state index is 14.3. The maximum absolute atomic E-state index is 14.3. The predicted octanol–water partition coefficient (Wildman–Crippen LogP) is 2.78. The Balaban J connectivity index is 1.81. The highest BCUT2D eigenvalue weighted by atomic mass is 19.1. The molecule has 1 aliphatic heterocycles. The first-order chi connectivity index (χ1) is 14.8. The van der Waals surface area contributed by atoms with Gasteiger partial charge in [0, 0.05) is 19.5 Å². The molecule has 6 nitrogen and oxygen atoms in total. The van der Waals surface area contributed by atoms with Crippen molar-refractivity contribution in [2.75, 3.05) is 13.6 Å². The van der Waals surface area contributed by atoms with E-state index in [2.05, 4.69) is 5.10 Å². The molecule has 1 aliphatic carbocycles. The lowest BCUT2D eigenvalue weighted by Gasteiger charge is -2.38. The number of nitrogens with zero attached hydrogens (tertiary/aromatic N) is 3. The van der Waals surface area contributed by atoms with Crippen LogP contribution in [0.15, 0.2) is 47.4 Å². The number of aryl methyl sites for hydroxylation is 2.